The molecule has 0 atom stereocenters. The first-order valence-corrected chi connectivity index (χ1v) is 9.18. The highest BCUT2D eigenvalue weighted by Crippen LogP contribution is 2.21. The Kier molecular flexibility index (Phi) is 4.62. The van der Waals surface area contributed by atoms with Gasteiger partial charge in [0.05, 0.1) is 0 Å². The molecule has 27 heavy (non-hydrogen) atoms. The number of nitrogens with zero attached hydrogens (tertiary/aromatic N) is 3. The molecule has 1 aromatic carbocycles. The second kappa shape index (κ2) is 7.23. The van der Waals surface area contributed by atoms with Gasteiger partial charge >= 0.3 is 0 Å². The van der Waals surface area contributed by atoms with Crippen LogP contribution in [-0.4, -0.2) is 45.4 Å². The maximum atomic E-state index is 13.0. The highest BCUT2D eigenvalue weighted by atomic mass is 16.2. The number of amides is 2. The zero-order chi connectivity index (χ0) is 18.8. The van der Waals surface area contributed by atoms with Crippen LogP contribution in [-0.2, 0) is 7.05 Å². The summed E-state index contributed by atoms with van der Waals surface area (Å²) >= 11 is 0. The van der Waals surface area contributed by atoms with E-state index in [1.54, 1.807) is 24.5 Å². The summed E-state index contributed by atoms with van der Waals surface area (Å²) < 4.78 is 1.95. The molecule has 2 amide bonds. The van der Waals surface area contributed by atoms with Crippen molar-refractivity contribution in [2.45, 2.75) is 18.9 Å². The number of rotatable bonds is 3. The lowest BCUT2D eigenvalue weighted by molar-refractivity contribution is 0.0689. The van der Waals surface area contributed by atoms with Crippen molar-refractivity contribution >= 4 is 22.7 Å². The van der Waals surface area contributed by atoms with E-state index in [1.165, 1.54) is 0 Å². The largest absolute Gasteiger partial charge is 0.349 e. The van der Waals surface area contributed by atoms with Gasteiger partial charge in [-0.1, -0.05) is 18.2 Å². The molecule has 1 aliphatic heterocycles. The van der Waals surface area contributed by atoms with Crippen molar-refractivity contribution in [1.29, 1.82) is 0 Å². The molecule has 3 heterocycles. The van der Waals surface area contributed by atoms with Gasteiger partial charge < -0.3 is 14.8 Å². The first kappa shape index (κ1) is 17.3. The zero-order valence-corrected chi connectivity index (χ0v) is 15.3. The van der Waals surface area contributed by atoms with Crippen molar-refractivity contribution in [2.24, 2.45) is 7.05 Å². The second-order valence-corrected chi connectivity index (χ2v) is 6.92. The molecule has 0 spiro atoms. The molecule has 0 saturated carbocycles. The molecule has 1 saturated heterocycles. The van der Waals surface area contributed by atoms with Crippen molar-refractivity contribution in [3.63, 3.8) is 0 Å². The topological polar surface area (TPSA) is 67.2 Å². The lowest BCUT2D eigenvalue weighted by atomic mass is 10.0. The fourth-order valence-electron chi connectivity index (χ4n) is 3.66. The number of para-hydroxylation sites is 1. The number of carbonyl (C=O) groups is 2. The number of hydrogen-bond acceptors (Lipinski definition) is 3. The van der Waals surface area contributed by atoms with E-state index in [9.17, 15) is 9.59 Å². The number of piperidine rings is 1. The molecular formula is C21H22N4O2. The van der Waals surface area contributed by atoms with Gasteiger partial charge in [0.25, 0.3) is 11.8 Å². The molecular weight excluding hydrogens is 340 g/mol. The van der Waals surface area contributed by atoms with Gasteiger partial charge in [-0.25, -0.2) is 0 Å². The minimum Gasteiger partial charge on any atom is -0.349 e. The number of aromatic nitrogens is 2. The van der Waals surface area contributed by atoms with Crippen LogP contribution in [0.5, 0.6) is 0 Å². The molecule has 0 unspecified atom stereocenters. The Hall–Kier alpha value is -3.15. The summed E-state index contributed by atoms with van der Waals surface area (Å²) in [6, 6.07) is 13.4. The van der Waals surface area contributed by atoms with Gasteiger partial charge in [0.1, 0.15) is 5.69 Å². The number of fused-ring (bicyclic) bond motifs is 1. The molecule has 0 aliphatic carbocycles. The summed E-state index contributed by atoms with van der Waals surface area (Å²) in [5.74, 6) is -0.0385. The third-order valence-electron chi connectivity index (χ3n) is 5.23. The number of likely N-dealkylation sites (tertiary alicyclic amines) is 1. The fraction of sp³-hybridized carbons (Fsp3) is 0.286. The highest BCUT2D eigenvalue weighted by Gasteiger charge is 2.26. The van der Waals surface area contributed by atoms with Crippen LogP contribution in [0.2, 0.25) is 0 Å². The number of aryl methyl sites for hydroxylation is 1. The van der Waals surface area contributed by atoms with Crippen molar-refractivity contribution in [2.75, 3.05) is 13.1 Å². The van der Waals surface area contributed by atoms with E-state index in [1.807, 2.05) is 46.8 Å². The third-order valence-corrected chi connectivity index (χ3v) is 5.23. The average Bonchev–Trinajstić information content (AvgIpc) is 3.05. The molecule has 3 aromatic rings. The molecule has 4 rings (SSSR count). The van der Waals surface area contributed by atoms with Crippen LogP contribution in [0.3, 0.4) is 0 Å². The first-order chi connectivity index (χ1) is 13.1. The Morgan fingerprint density at radius 3 is 2.48 bits per heavy atom. The number of hydrogen-bond donors (Lipinski definition) is 1. The Labute approximate surface area is 157 Å². The summed E-state index contributed by atoms with van der Waals surface area (Å²) in [7, 11) is 1.93. The standard InChI is InChI=1S/C21H22N4O2/c1-24-18-5-3-2-4-16(18)14-19(24)21(27)25-12-8-17(9-13-25)23-20(26)15-6-10-22-11-7-15/h2-7,10-11,14,17H,8-9,12-13H2,1H3,(H,23,26). The summed E-state index contributed by atoms with van der Waals surface area (Å²) in [5, 5.41) is 4.13. The van der Waals surface area contributed by atoms with E-state index in [2.05, 4.69) is 10.3 Å². The minimum atomic E-state index is -0.0872. The van der Waals surface area contributed by atoms with Crippen LogP contribution in [0, 0.1) is 0 Å². The van der Waals surface area contributed by atoms with E-state index < -0.39 is 0 Å². The highest BCUT2D eigenvalue weighted by molar-refractivity contribution is 5.99. The zero-order valence-electron chi connectivity index (χ0n) is 15.3. The second-order valence-electron chi connectivity index (χ2n) is 6.92. The van der Waals surface area contributed by atoms with Gasteiger partial charge in [-0.05, 0) is 37.1 Å². The Morgan fingerprint density at radius 1 is 1.07 bits per heavy atom. The van der Waals surface area contributed by atoms with E-state index in [4.69, 9.17) is 0 Å². The fourth-order valence-corrected chi connectivity index (χ4v) is 3.66. The molecule has 6 nitrogen and oxygen atoms in total. The number of benzene rings is 1. The Morgan fingerprint density at radius 2 is 1.78 bits per heavy atom. The summed E-state index contributed by atoms with van der Waals surface area (Å²) in [5.41, 5.74) is 2.37. The van der Waals surface area contributed by atoms with Crippen LogP contribution in [0.15, 0.2) is 54.9 Å². The van der Waals surface area contributed by atoms with Crippen molar-refractivity contribution in [1.82, 2.24) is 19.8 Å². The Bertz CT molecular complexity index is 972. The van der Waals surface area contributed by atoms with Gasteiger partial charge in [0.15, 0.2) is 0 Å². The summed E-state index contributed by atoms with van der Waals surface area (Å²) in [4.78, 5) is 31.0. The molecule has 1 aliphatic rings. The maximum absolute atomic E-state index is 13.0. The van der Waals surface area contributed by atoms with Gasteiger partial charge in [-0.15, -0.1) is 0 Å². The summed E-state index contributed by atoms with van der Waals surface area (Å²) in [6.07, 6.45) is 4.74. The van der Waals surface area contributed by atoms with Crippen molar-refractivity contribution < 1.29 is 9.59 Å². The number of nitrogens with one attached hydrogen (secondary N) is 1. The maximum Gasteiger partial charge on any atom is 0.270 e. The lowest BCUT2D eigenvalue weighted by Crippen LogP contribution is -2.46. The molecule has 1 N–H and O–H groups in total. The first-order valence-electron chi connectivity index (χ1n) is 9.18. The van der Waals surface area contributed by atoms with Crippen molar-refractivity contribution in [3.05, 3.63) is 66.1 Å². The predicted molar refractivity (Wildman–Crippen MR) is 104 cm³/mol. The van der Waals surface area contributed by atoms with Crippen LogP contribution >= 0.6 is 0 Å². The SMILES string of the molecule is Cn1c(C(=O)N2CCC(NC(=O)c3ccncc3)CC2)cc2ccccc21. The van der Waals surface area contributed by atoms with Crippen LogP contribution in [0.4, 0.5) is 0 Å². The molecule has 1 fully saturated rings. The van der Waals surface area contributed by atoms with E-state index in [0.29, 0.717) is 24.3 Å². The quantitative estimate of drug-likeness (QED) is 0.779. The summed E-state index contributed by atoms with van der Waals surface area (Å²) in [6.45, 7) is 1.28. The van der Waals surface area contributed by atoms with E-state index in [-0.39, 0.29) is 17.9 Å². The smallest absolute Gasteiger partial charge is 0.270 e. The van der Waals surface area contributed by atoms with E-state index in [0.717, 1.165) is 23.7 Å². The lowest BCUT2D eigenvalue weighted by Gasteiger charge is -2.32. The Balaban J connectivity index is 1.39. The van der Waals surface area contributed by atoms with E-state index >= 15 is 0 Å². The number of carbonyl (C=O) groups excluding carboxylic acids is 2. The molecule has 2 aromatic heterocycles. The monoisotopic (exact) mass is 362 g/mol. The van der Waals surface area contributed by atoms with Gasteiger partial charge in [-0.3, -0.25) is 14.6 Å². The van der Waals surface area contributed by atoms with Crippen LogP contribution in [0.25, 0.3) is 10.9 Å². The van der Waals surface area contributed by atoms with Crippen LogP contribution < -0.4 is 5.32 Å². The predicted octanol–water partition coefficient (Wildman–Crippen LogP) is 2.61. The molecule has 0 bridgehead atoms. The molecule has 138 valence electrons. The third kappa shape index (κ3) is 3.43. The van der Waals surface area contributed by atoms with Crippen LogP contribution in [0.1, 0.15) is 33.7 Å². The minimum absolute atomic E-state index is 0.0487. The van der Waals surface area contributed by atoms with Crippen molar-refractivity contribution in [3.8, 4) is 0 Å². The molecule has 0 radical (unpaired) electrons. The number of pyridine rings is 1. The van der Waals surface area contributed by atoms with Gasteiger partial charge in [0, 0.05) is 55.0 Å². The normalized spacial score (nSPS) is 15.1. The molecule has 6 heteroatoms. The van der Waals surface area contributed by atoms with Gasteiger partial charge in [-0.2, -0.15) is 0 Å². The average molecular weight is 362 g/mol. The van der Waals surface area contributed by atoms with Gasteiger partial charge in [0.2, 0.25) is 0 Å².